The minimum Gasteiger partial charge on any atom is -0.504 e. The third-order valence-electron chi connectivity index (χ3n) is 2.51. The van der Waals surface area contributed by atoms with Crippen molar-refractivity contribution in [3.05, 3.63) is 59.7 Å². The molecule has 0 saturated carbocycles. The molecule has 18 heavy (non-hydrogen) atoms. The minimum atomic E-state index is -0.0834. The van der Waals surface area contributed by atoms with Crippen molar-refractivity contribution in [2.75, 3.05) is 0 Å². The highest BCUT2D eigenvalue weighted by Gasteiger charge is 2.05. The summed E-state index contributed by atoms with van der Waals surface area (Å²) in [4.78, 5) is 0. The van der Waals surface area contributed by atoms with Crippen molar-refractivity contribution in [1.82, 2.24) is 0 Å². The van der Waals surface area contributed by atoms with Crippen LogP contribution in [0, 0.1) is 5.41 Å². The Kier molecular flexibility index (Phi) is 3.48. The Balaban J connectivity index is 2.08. The van der Waals surface area contributed by atoms with E-state index in [-0.39, 0.29) is 11.6 Å². The molecule has 0 unspecified atom stereocenters. The number of nitrogens with two attached hydrogens (primary N) is 1. The monoisotopic (exact) mass is 242 g/mol. The number of hydrogen-bond donors (Lipinski definition) is 3. The molecule has 2 aromatic carbocycles. The zero-order chi connectivity index (χ0) is 13.0. The number of ether oxygens (including phenoxy) is 1. The maximum absolute atomic E-state index is 9.74. The number of phenolic OH excluding ortho intramolecular Hbond substituents is 1. The van der Waals surface area contributed by atoms with Crippen LogP contribution >= 0.6 is 0 Å². The summed E-state index contributed by atoms with van der Waals surface area (Å²) in [5, 5.41) is 17.0. The summed E-state index contributed by atoms with van der Waals surface area (Å²) in [5.74, 6) is 0.280. The van der Waals surface area contributed by atoms with Crippen LogP contribution in [0.4, 0.5) is 0 Å². The van der Waals surface area contributed by atoms with Crippen molar-refractivity contribution in [2.24, 2.45) is 5.73 Å². The van der Waals surface area contributed by atoms with Crippen molar-refractivity contribution in [1.29, 1.82) is 5.41 Å². The Morgan fingerprint density at radius 2 is 1.89 bits per heavy atom. The molecule has 0 aliphatic rings. The van der Waals surface area contributed by atoms with E-state index in [0.717, 1.165) is 5.56 Å². The largest absolute Gasteiger partial charge is 0.504 e. The average molecular weight is 242 g/mol. The Hall–Kier alpha value is -2.49. The van der Waals surface area contributed by atoms with Gasteiger partial charge in [0, 0.05) is 5.56 Å². The quantitative estimate of drug-likeness (QED) is 0.568. The maximum atomic E-state index is 9.74. The van der Waals surface area contributed by atoms with Gasteiger partial charge in [0.15, 0.2) is 11.5 Å². The number of phenols is 1. The van der Waals surface area contributed by atoms with Gasteiger partial charge in [-0.15, -0.1) is 0 Å². The molecular formula is C14H14N2O2. The van der Waals surface area contributed by atoms with E-state index in [4.69, 9.17) is 15.9 Å². The lowest BCUT2D eigenvalue weighted by Gasteiger charge is -2.09. The molecule has 0 spiro atoms. The van der Waals surface area contributed by atoms with E-state index in [0.29, 0.717) is 17.9 Å². The smallest absolute Gasteiger partial charge is 0.161 e. The number of aromatic hydroxyl groups is 1. The van der Waals surface area contributed by atoms with Gasteiger partial charge in [0.25, 0.3) is 0 Å². The van der Waals surface area contributed by atoms with E-state index in [2.05, 4.69) is 0 Å². The Labute approximate surface area is 105 Å². The van der Waals surface area contributed by atoms with E-state index in [1.165, 1.54) is 6.07 Å². The van der Waals surface area contributed by atoms with Gasteiger partial charge in [-0.3, -0.25) is 5.41 Å². The number of rotatable bonds is 4. The number of benzene rings is 2. The van der Waals surface area contributed by atoms with E-state index >= 15 is 0 Å². The van der Waals surface area contributed by atoms with E-state index in [9.17, 15) is 5.11 Å². The molecular weight excluding hydrogens is 228 g/mol. The molecule has 0 atom stereocenters. The van der Waals surface area contributed by atoms with Gasteiger partial charge in [-0.05, 0) is 23.8 Å². The van der Waals surface area contributed by atoms with Gasteiger partial charge in [0.05, 0.1) is 0 Å². The van der Waals surface area contributed by atoms with Crippen LogP contribution in [-0.4, -0.2) is 10.9 Å². The lowest BCUT2D eigenvalue weighted by molar-refractivity contribution is 0.289. The molecule has 92 valence electrons. The number of amidine groups is 1. The summed E-state index contributed by atoms with van der Waals surface area (Å²) < 4.78 is 5.50. The van der Waals surface area contributed by atoms with Crippen LogP contribution in [0.25, 0.3) is 0 Å². The first-order valence-electron chi connectivity index (χ1n) is 5.51. The van der Waals surface area contributed by atoms with Crippen LogP contribution in [0.2, 0.25) is 0 Å². The maximum Gasteiger partial charge on any atom is 0.161 e. The fraction of sp³-hybridized carbons (Fsp3) is 0.0714. The fourth-order valence-corrected chi connectivity index (χ4v) is 1.54. The lowest BCUT2D eigenvalue weighted by Crippen LogP contribution is -2.10. The van der Waals surface area contributed by atoms with Crippen LogP contribution in [0.5, 0.6) is 11.5 Å². The third-order valence-corrected chi connectivity index (χ3v) is 2.51. The standard InChI is InChI=1S/C14H14N2O2/c15-14(16)11-6-7-13(12(17)8-11)18-9-10-4-2-1-3-5-10/h1-8,17H,9H2,(H3,15,16). The van der Waals surface area contributed by atoms with Crippen molar-refractivity contribution in [3.8, 4) is 11.5 Å². The second-order valence-electron chi connectivity index (χ2n) is 3.87. The topological polar surface area (TPSA) is 79.3 Å². The summed E-state index contributed by atoms with van der Waals surface area (Å²) in [6.07, 6.45) is 0. The first kappa shape index (κ1) is 12.0. The Morgan fingerprint density at radius 1 is 1.17 bits per heavy atom. The van der Waals surface area contributed by atoms with Crippen molar-refractivity contribution < 1.29 is 9.84 Å². The zero-order valence-corrected chi connectivity index (χ0v) is 9.76. The first-order chi connectivity index (χ1) is 8.66. The summed E-state index contributed by atoms with van der Waals surface area (Å²) in [6.45, 7) is 0.383. The highest BCUT2D eigenvalue weighted by Crippen LogP contribution is 2.27. The molecule has 0 amide bonds. The third kappa shape index (κ3) is 2.79. The molecule has 4 nitrogen and oxygen atoms in total. The molecule has 0 saturated heterocycles. The van der Waals surface area contributed by atoms with Gasteiger partial charge in [-0.25, -0.2) is 0 Å². The van der Waals surface area contributed by atoms with Gasteiger partial charge >= 0.3 is 0 Å². The van der Waals surface area contributed by atoms with Crippen LogP contribution in [-0.2, 0) is 6.61 Å². The van der Waals surface area contributed by atoms with Crippen molar-refractivity contribution >= 4 is 5.84 Å². The second kappa shape index (κ2) is 5.23. The molecule has 0 aliphatic heterocycles. The van der Waals surface area contributed by atoms with Crippen molar-refractivity contribution in [2.45, 2.75) is 6.61 Å². The van der Waals surface area contributed by atoms with Crippen LogP contribution in [0.15, 0.2) is 48.5 Å². The highest BCUT2D eigenvalue weighted by atomic mass is 16.5. The predicted molar refractivity (Wildman–Crippen MR) is 69.9 cm³/mol. The molecule has 0 heterocycles. The minimum absolute atomic E-state index is 0.0152. The predicted octanol–water partition coefficient (Wildman–Crippen LogP) is 2.26. The highest BCUT2D eigenvalue weighted by molar-refractivity contribution is 5.95. The van der Waals surface area contributed by atoms with Crippen LogP contribution < -0.4 is 10.5 Å². The Bertz CT molecular complexity index is 553. The first-order valence-corrected chi connectivity index (χ1v) is 5.51. The molecule has 0 aliphatic carbocycles. The van der Waals surface area contributed by atoms with Crippen LogP contribution in [0.1, 0.15) is 11.1 Å². The molecule has 0 fully saturated rings. The SMILES string of the molecule is N=C(N)c1ccc(OCc2ccccc2)c(O)c1. The second-order valence-corrected chi connectivity index (χ2v) is 3.87. The number of nitrogens with one attached hydrogen (secondary N) is 1. The van der Waals surface area contributed by atoms with Gasteiger partial charge in [-0.2, -0.15) is 0 Å². The molecule has 2 aromatic rings. The normalized spacial score (nSPS) is 10.0. The summed E-state index contributed by atoms with van der Waals surface area (Å²) in [5.41, 5.74) is 6.82. The van der Waals surface area contributed by atoms with E-state index < -0.39 is 0 Å². The average Bonchev–Trinajstić information content (AvgIpc) is 2.38. The summed E-state index contributed by atoms with van der Waals surface area (Å²) >= 11 is 0. The molecule has 4 N–H and O–H groups in total. The lowest BCUT2D eigenvalue weighted by atomic mass is 10.2. The van der Waals surface area contributed by atoms with Crippen molar-refractivity contribution in [3.63, 3.8) is 0 Å². The molecule has 0 aromatic heterocycles. The van der Waals surface area contributed by atoms with E-state index in [1.807, 2.05) is 30.3 Å². The summed E-state index contributed by atoms with van der Waals surface area (Å²) in [7, 11) is 0. The fourth-order valence-electron chi connectivity index (χ4n) is 1.54. The van der Waals surface area contributed by atoms with Gasteiger partial charge < -0.3 is 15.6 Å². The van der Waals surface area contributed by atoms with Gasteiger partial charge in [-0.1, -0.05) is 30.3 Å². The Morgan fingerprint density at radius 3 is 2.50 bits per heavy atom. The molecule has 0 radical (unpaired) electrons. The zero-order valence-electron chi connectivity index (χ0n) is 9.76. The molecule has 2 rings (SSSR count). The van der Waals surface area contributed by atoms with E-state index in [1.54, 1.807) is 12.1 Å². The van der Waals surface area contributed by atoms with Crippen LogP contribution in [0.3, 0.4) is 0 Å². The molecule has 4 heteroatoms. The molecule has 0 bridgehead atoms. The number of nitrogen functional groups attached to an aromatic ring is 1. The summed E-state index contributed by atoms with van der Waals surface area (Å²) in [6, 6.07) is 14.3. The van der Waals surface area contributed by atoms with Gasteiger partial charge in [0.2, 0.25) is 0 Å². The van der Waals surface area contributed by atoms with Gasteiger partial charge in [0.1, 0.15) is 12.4 Å². The number of hydrogen-bond acceptors (Lipinski definition) is 3.